The van der Waals surface area contributed by atoms with Crippen molar-refractivity contribution in [1.29, 1.82) is 0 Å². The van der Waals surface area contributed by atoms with Crippen molar-refractivity contribution in [3.8, 4) is 0 Å². The van der Waals surface area contributed by atoms with Crippen LogP contribution in [0.15, 0.2) is 40.5 Å². The molecule has 1 N–H and O–H groups in total. The van der Waals surface area contributed by atoms with Crippen LogP contribution in [0.25, 0.3) is 10.2 Å². The van der Waals surface area contributed by atoms with E-state index in [1.54, 1.807) is 24.0 Å². The minimum absolute atomic E-state index is 0.0463. The van der Waals surface area contributed by atoms with Gasteiger partial charge in [0.1, 0.15) is 5.76 Å². The van der Waals surface area contributed by atoms with Crippen LogP contribution in [0.1, 0.15) is 47.7 Å². The zero-order valence-electron chi connectivity index (χ0n) is 15.9. The number of carbonyl (C=O) groups is 1. The lowest BCUT2D eigenvalue weighted by Gasteiger charge is -2.12. The highest BCUT2D eigenvalue weighted by Crippen LogP contribution is 2.25. The number of benzene rings is 1. The summed E-state index contributed by atoms with van der Waals surface area (Å²) in [7, 11) is 0. The monoisotopic (exact) mass is 412 g/mol. The van der Waals surface area contributed by atoms with Gasteiger partial charge in [0.2, 0.25) is 0 Å². The molecule has 8 heteroatoms. The molecular weight excluding hydrogens is 392 g/mol. The van der Waals surface area contributed by atoms with Crippen molar-refractivity contribution in [2.75, 3.05) is 5.32 Å². The van der Waals surface area contributed by atoms with Crippen molar-refractivity contribution < 1.29 is 9.21 Å². The van der Waals surface area contributed by atoms with Crippen LogP contribution in [0, 0.1) is 0 Å². The average Bonchev–Trinajstić information content (AvgIpc) is 3.39. The molecule has 0 spiro atoms. The maximum atomic E-state index is 12.5. The van der Waals surface area contributed by atoms with Crippen molar-refractivity contribution in [1.82, 2.24) is 15.0 Å². The summed E-state index contributed by atoms with van der Waals surface area (Å²) in [6.45, 7) is 6.30. The zero-order valence-corrected chi connectivity index (χ0v) is 17.5. The number of amides is 1. The summed E-state index contributed by atoms with van der Waals surface area (Å²) in [6.07, 6.45) is 5.06. The summed E-state index contributed by atoms with van der Waals surface area (Å²) < 4.78 is 6.82. The highest BCUT2D eigenvalue weighted by molar-refractivity contribution is 7.16. The highest BCUT2D eigenvalue weighted by atomic mass is 32.1. The van der Waals surface area contributed by atoms with E-state index in [2.05, 4.69) is 41.0 Å². The number of nitrogens with one attached hydrogen (secondary N) is 1. The molecule has 0 saturated carbocycles. The Morgan fingerprint density at radius 2 is 2.00 bits per heavy atom. The SMILES string of the molecule is CC(C)(C)c1cnc(CCc2cnc(NC(=O)c3ccc4ncsc4c3)s2)o1. The van der Waals surface area contributed by atoms with Crippen molar-refractivity contribution in [3.63, 3.8) is 0 Å². The lowest BCUT2D eigenvalue weighted by atomic mass is 9.94. The number of aromatic nitrogens is 3. The summed E-state index contributed by atoms with van der Waals surface area (Å²) in [4.78, 5) is 26.5. The Morgan fingerprint density at radius 3 is 2.79 bits per heavy atom. The fraction of sp³-hybridized carbons (Fsp3) is 0.300. The van der Waals surface area contributed by atoms with Gasteiger partial charge in [-0.25, -0.2) is 15.0 Å². The molecule has 4 rings (SSSR count). The molecule has 144 valence electrons. The van der Waals surface area contributed by atoms with Crippen LogP contribution in [0.2, 0.25) is 0 Å². The molecular formula is C20H20N4O2S2. The van der Waals surface area contributed by atoms with Crippen molar-refractivity contribution in [2.24, 2.45) is 0 Å². The molecule has 0 bridgehead atoms. The third-order valence-electron chi connectivity index (χ3n) is 4.25. The average molecular weight is 413 g/mol. The smallest absolute Gasteiger partial charge is 0.257 e. The van der Waals surface area contributed by atoms with Crippen molar-refractivity contribution in [3.05, 3.63) is 58.2 Å². The Balaban J connectivity index is 1.37. The van der Waals surface area contributed by atoms with Gasteiger partial charge in [-0.3, -0.25) is 10.1 Å². The maximum absolute atomic E-state index is 12.5. The van der Waals surface area contributed by atoms with Gasteiger partial charge in [-0.05, 0) is 24.6 Å². The number of hydrogen-bond acceptors (Lipinski definition) is 7. The standard InChI is InChI=1S/C20H20N4O2S2/c1-20(2,3)16-10-21-17(26-16)7-5-13-9-22-19(28-13)24-18(25)12-4-6-14-15(8-12)27-11-23-14/h4,6,8-11H,5,7H2,1-3H3,(H,22,24,25). The molecule has 1 aromatic carbocycles. The Hall–Kier alpha value is -2.58. The van der Waals surface area contributed by atoms with Crippen molar-refractivity contribution >= 4 is 43.9 Å². The quantitative estimate of drug-likeness (QED) is 0.495. The first-order chi connectivity index (χ1) is 13.4. The molecule has 0 saturated heterocycles. The van der Waals surface area contributed by atoms with Gasteiger partial charge in [0.25, 0.3) is 5.91 Å². The zero-order chi connectivity index (χ0) is 19.7. The molecule has 0 atom stereocenters. The molecule has 0 radical (unpaired) electrons. The first kappa shape index (κ1) is 18.8. The van der Waals surface area contributed by atoms with E-state index >= 15 is 0 Å². The number of carbonyl (C=O) groups excluding carboxylic acids is 1. The van der Waals surface area contributed by atoms with Gasteiger partial charge in [0.15, 0.2) is 11.0 Å². The van der Waals surface area contributed by atoms with E-state index in [1.165, 1.54) is 22.7 Å². The molecule has 0 aliphatic carbocycles. The number of oxazole rings is 1. The minimum atomic E-state index is -0.168. The van der Waals surface area contributed by atoms with Crippen LogP contribution < -0.4 is 5.32 Å². The number of nitrogens with zero attached hydrogens (tertiary/aromatic N) is 3. The predicted molar refractivity (Wildman–Crippen MR) is 112 cm³/mol. The van der Waals surface area contributed by atoms with E-state index in [9.17, 15) is 4.79 Å². The maximum Gasteiger partial charge on any atom is 0.257 e. The van der Waals surface area contributed by atoms with Crippen LogP contribution in [-0.2, 0) is 18.3 Å². The molecule has 4 aromatic rings. The normalized spacial score (nSPS) is 11.8. The van der Waals surface area contributed by atoms with E-state index in [0.717, 1.165) is 33.2 Å². The summed E-state index contributed by atoms with van der Waals surface area (Å²) >= 11 is 2.99. The van der Waals surface area contributed by atoms with Gasteiger partial charge >= 0.3 is 0 Å². The largest absolute Gasteiger partial charge is 0.445 e. The second kappa shape index (κ2) is 7.44. The van der Waals surface area contributed by atoms with Gasteiger partial charge in [0.05, 0.1) is 21.9 Å². The number of hydrogen-bond donors (Lipinski definition) is 1. The van der Waals surface area contributed by atoms with E-state index in [0.29, 0.717) is 17.1 Å². The van der Waals surface area contributed by atoms with Crippen LogP contribution >= 0.6 is 22.7 Å². The molecule has 3 heterocycles. The molecule has 3 aromatic heterocycles. The van der Waals surface area contributed by atoms with Crippen molar-refractivity contribution in [2.45, 2.75) is 39.0 Å². The third-order valence-corrected chi connectivity index (χ3v) is 6.01. The topological polar surface area (TPSA) is 80.9 Å². The van der Waals surface area contributed by atoms with E-state index in [4.69, 9.17) is 4.42 Å². The summed E-state index contributed by atoms with van der Waals surface area (Å²) in [5, 5.41) is 3.46. The Bertz CT molecular complexity index is 1120. The lowest BCUT2D eigenvalue weighted by molar-refractivity contribution is 0.102. The highest BCUT2D eigenvalue weighted by Gasteiger charge is 2.19. The van der Waals surface area contributed by atoms with Crippen LogP contribution in [0.5, 0.6) is 0 Å². The molecule has 0 aliphatic rings. The molecule has 0 unspecified atom stereocenters. The van der Waals surface area contributed by atoms with E-state index in [1.807, 2.05) is 12.1 Å². The second-order valence-electron chi connectivity index (χ2n) is 7.49. The molecule has 28 heavy (non-hydrogen) atoms. The predicted octanol–water partition coefficient (Wildman–Crippen LogP) is 5.08. The van der Waals surface area contributed by atoms with Gasteiger partial charge in [-0.1, -0.05) is 20.8 Å². The Kier molecular flexibility index (Phi) is 4.99. The van der Waals surface area contributed by atoms with Crippen LogP contribution in [0.3, 0.4) is 0 Å². The molecule has 6 nitrogen and oxygen atoms in total. The minimum Gasteiger partial charge on any atom is -0.445 e. The van der Waals surface area contributed by atoms with Gasteiger partial charge in [-0.2, -0.15) is 0 Å². The fourth-order valence-corrected chi connectivity index (χ4v) is 4.17. The molecule has 1 amide bonds. The Labute approximate surface area is 170 Å². The Morgan fingerprint density at radius 1 is 1.14 bits per heavy atom. The van der Waals surface area contributed by atoms with Gasteiger partial charge in [0, 0.05) is 28.5 Å². The van der Waals surface area contributed by atoms with Crippen LogP contribution in [-0.4, -0.2) is 20.9 Å². The number of thiazole rings is 2. The third kappa shape index (κ3) is 4.13. The number of fused-ring (bicyclic) bond motifs is 1. The van der Waals surface area contributed by atoms with E-state index < -0.39 is 0 Å². The first-order valence-electron chi connectivity index (χ1n) is 8.93. The summed E-state index contributed by atoms with van der Waals surface area (Å²) in [5.74, 6) is 1.44. The fourth-order valence-electron chi connectivity index (χ4n) is 2.65. The molecule has 0 fully saturated rings. The van der Waals surface area contributed by atoms with Crippen LogP contribution in [0.4, 0.5) is 5.13 Å². The summed E-state index contributed by atoms with van der Waals surface area (Å²) in [5.41, 5.74) is 3.23. The second-order valence-corrected chi connectivity index (χ2v) is 9.49. The number of rotatable bonds is 5. The summed E-state index contributed by atoms with van der Waals surface area (Å²) in [6, 6.07) is 5.49. The number of anilines is 1. The molecule has 0 aliphatic heterocycles. The van der Waals surface area contributed by atoms with Gasteiger partial charge in [-0.15, -0.1) is 22.7 Å². The first-order valence-corrected chi connectivity index (χ1v) is 10.6. The van der Waals surface area contributed by atoms with E-state index in [-0.39, 0.29) is 11.3 Å². The number of aryl methyl sites for hydroxylation is 2. The lowest BCUT2D eigenvalue weighted by Crippen LogP contribution is -2.11. The van der Waals surface area contributed by atoms with Gasteiger partial charge < -0.3 is 4.42 Å².